The van der Waals surface area contributed by atoms with Crippen LogP contribution in [-0.4, -0.2) is 70.8 Å². The zero-order valence-corrected chi connectivity index (χ0v) is 17.3. The fraction of sp³-hybridized carbons (Fsp3) is 0.400. The summed E-state index contributed by atoms with van der Waals surface area (Å²) in [5.41, 5.74) is 2.38. The Hall–Kier alpha value is -1.86. The minimum atomic E-state index is 0.564. The molecule has 2 aromatic heterocycles. The number of hydrogen-bond donors (Lipinski definition) is 0. The molecule has 0 spiro atoms. The molecule has 6 nitrogen and oxygen atoms in total. The maximum absolute atomic E-state index is 6.35. The van der Waals surface area contributed by atoms with Gasteiger partial charge in [0.2, 0.25) is 5.88 Å². The third-order valence-corrected chi connectivity index (χ3v) is 5.56. The minimum absolute atomic E-state index is 0.564. The molecular formula is C20H23Cl2N5O. The fourth-order valence-electron chi connectivity index (χ4n) is 3.35. The maximum Gasteiger partial charge on any atom is 0.231 e. The Kier molecular flexibility index (Phi) is 6.01. The number of piperazine rings is 1. The van der Waals surface area contributed by atoms with Crippen LogP contribution in [0.15, 0.2) is 36.5 Å². The van der Waals surface area contributed by atoms with Gasteiger partial charge in [0.05, 0.1) is 23.5 Å². The maximum atomic E-state index is 6.35. The van der Waals surface area contributed by atoms with E-state index >= 15 is 0 Å². The van der Waals surface area contributed by atoms with Crippen molar-refractivity contribution in [1.82, 2.24) is 24.4 Å². The fourth-order valence-corrected chi connectivity index (χ4v) is 3.86. The first kappa shape index (κ1) is 19.5. The first-order chi connectivity index (χ1) is 13.6. The molecule has 0 amide bonds. The Morgan fingerprint density at radius 3 is 2.68 bits per heavy atom. The molecule has 1 aromatic carbocycles. The molecule has 8 heteroatoms. The van der Waals surface area contributed by atoms with E-state index in [1.807, 2.05) is 18.2 Å². The molecule has 1 aliphatic rings. The van der Waals surface area contributed by atoms with E-state index in [2.05, 4.69) is 26.9 Å². The third kappa shape index (κ3) is 4.41. The van der Waals surface area contributed by atoms with Gasteiger partial charge in [-0.25, -0.2) is 9.50 Å². The number of aromatic nitrogens is 3. The van der Waals surface area contributed by atoms with Gasteiger partial charge in [0.25, 0.3) is 0 Å². The van der Waals surface area contributed by atoms with Crippen molar-refractivity contribution in [3.8, 4) is 17.1 Å². The summed E-state index contributed by atoms with van der Waals surface area (Å²) in [6.45, 7) is 6.21. The van der Waals surface area contributed by atoms with Gasteiger partial charge in [-0.05, 0) is 37.7 Å². The quantitative estimate of drug-likeness (QED) is 0.569. The van der Waals surface area contributed by atoms with Crippen molar-refractivity contribution < 1.29 is 4.74 Å². The molecule has 0 bridgehead atoms. The van der Waals surface area contributed by atoms with Crippen LogP contribution in [0.3, 0.4) is 0 Å². The Morgan fingerprint density at radius 1 is 1.07 bits per heavy atom. The molecular weight excluding hydrogens is 397 g/mol. The first-order valence-electron chi connectivity index (χ1n) is 9.44. The van der Waals surface area contributed by atoms with Gasteiger partial charge in [-0.15, -0.1) is 5.10 Å². The van der Waals surface area contributed by atoms with Gasteiger partial charge in [-0.3, -0.25) is 0 Å². The van der Waals surface area contributed by atoms with Crippen molar-refractivity contribution in [1.29, 1.82) is 0 Å². The van der Waals surface area contributed by atoms with Crippen LogP contribution in [0.5, 0.6) is 5.88 Å². The number of rotatable bonds is 6. The molecule has 1 fully saturated rings. The van der Waals surface area contributed by atoms with Crippen LogP contribution in [0.4, 0.5) is 0 Å². The third-order valence-electron chi connectivity index (χ3n) is 5.01. The SMILES string of the molecule is CN1CCN(CCCOc2ccc3ncc(-c4ccc(Cl)cc4Cl)n3n2)CC1. The second-order valence-corrected chi connectivity index (χ2v) is 7.90. The van der Waals surface area contributed by atoms with Crippen molar-refractivity contribution in [2.45, 2.75) is 6.42 Å². The van der Waals surface area contributed by atoms with Gasteiger partial charge in [0.15, 0.2) is 5.65 Å². The molecule has 0 atom stereocenters. The molecule has 0 N–H and O–H groups in total. The lowest BCUT2D eigenvalue weighted by Crippen LogP contribution is -2.44. The predicted octanol–water partition coefficient (Wildman–Crippen LogP) is 3.72. The summed E-state index contributed by atoms with van der Waals surface area (Å²) in [7, 11) is 2.17. The Bertz CT molecular complexity index is 953. The van der Waals surface area contributed by atoms with Gasteiger partial charge in [0, 0.05) is 49.4 Å². The van der Waals surface area contributed by atoms with Crippen LogP contribution >= 0.6 is 23.2 Å². The van der Waals surface area contributed by atoms with Crippen LogP contribution in [0, 0.1) is 0 Å². The van der Waals surface area contributed by atoms with Crippen LogP contribution in [0.2, 0.25) is 10.0 Å². The lowest BCUT2D eigenvalue weighted by Gasteiger charge is -2.32. The van der Waals surface area contributed by atoms with E-state index in [0.717, 1.165) is 56.0 Å². The number of nitrogens with zero attached hydrogens (tertiary/aromatic N) is 5. The molecule has 148 valence electrons. The Balaban J connectivity index is 1.41. The van der Waals surface area contributed by atoms with Crippen molar-refractivity contribution in [2.24, 2.45) is 0 Å². The Labute approximate surface area is 174 Å². The highest BCUT2D eigenvalue weighted by atomic mass is 35.5. The molecule has 3 aromatic rings. The molecule has 28 heavy (non-hydrogen) atoms. The predicted molar refractivity (Wildman–Crippen MR) is 112 cm³/mol. The zero-order valence-electron chi connectivity index (χ0n) is 15.8. The second kappa shape index (κ2) is 8.66. The van der Waals surface area contributed by atoms with E-state index in [9.17, 15) is 0 Å². The molecule has 4 rings (SSSR count). The summed E-state index contributed by atoms with van der Waals surface area (Å²) < 4.78 is 7.64. The van der Waals surface area contributed by atoms with Gasteiger partial charge < -0.3 is 14.5 Å². The molecule has 0 saturated carbocycles. The summed E-state index contributed by atoms with van der Waals surface area (Å²) in [6, 6.07) is 9.15. The van der Waals surface area contributed by atoms with E-state index in [-0.39, 0.29) is 0 Å². The highest BCUT2D eigenvalue weighted by molar-refractivity contribution is 6.36. The summed E-state index contributed by atoms with van der Waals surface area (Å²) in [4.78, 5) is 9.25. The molecule has 0 radical (unpaired) electrons. The topological polar surface area (TPSA) is 45.9 Å². The van der Waals surface area contributed by atoms with Crippen LogP contribution < -0.4 is 4.74 Å². The minimum Gasteiger partial charge on any atom is -0.477 e. The molecule has 1 aliphatic heterocycles. The number of imidazole rings is 1. The standard InChI is InChI=1S/C20H23Cl2N5O/c1-25-8-10-26(11-9-25)7-2-12-28-20-6-5-19-23-14-18(27(19)24-20)16-4-3-15(21)13-17(16)22/h3-6,13-14H,2,7-12H2,1H3. The molecule has 1 saturated heterocycles. The normalized spacial score (nSPS) is 16.0. The van der Waals surface area contributed by atoms with E-state index in [1.54, 1.807) is 22.8 Å². The lowest BCUT2D eigenvalue weighted by molar-refractivity contribution is 0.145. The van der Waals surface area contributed by atoms with E-state index in [0.29, 0.717) is 22.5 Å². The van der Waals surface area contributed by atoms with Gasteiger partial charge in [-0.2, -0.15) is 0 Å². The van der Waals surface area contributed by atoms with Crippen LogP contribution in [0.25, 0.3) is 16.9 Å². The van der Waals surface area contributed by atoms with Gasteiger partial charge in [-0.1, -0.05) is 23.2 Å². The van der Waals surface area contributed by atoms with Crippen LogP contribution in [0.1, 0.15) is 6.42 Å². The number of ether oxygens (including phenoxy) is 1. The Morgan fingerprint density at radius 2 is 1.89 bits per heavy atom. The van der Waals surface area contributed by atoms with Crippen LogP contribution in [-0.2, 0) is 0 Å². The van der Waals surface area contributed by atoms with Gasteiger partial charge >= 0.3 is 0 Å². The summed E-state index contributed by atoms with van der Waals surface area (Å²) >= 11 is 12.4. The summed E-state index contributed by atoms with van der Waals surface area (Å²) in [6.07, 6.45) is 2.73. The van der Waals surface area contributed by atoms with E-state index in [4.69, 9.17) is 27.9 Å². The highest BCUT2D eigenvalue weighted by Gasteiger charge is 2.14. The molecule has 3 heterocycles. The summed E-state index contributed by atoms with van der Waals surface area (Å²) in [5.74, 6) is 0.579. The smallest absolute Gasteiger partial charge is 0.231 e. The average molecular weight is 420 g/mol. The van der Waals surface area contributed by atoms with Crippen molar-refractivity contribution in [3.05, 3.63) is 46.6 Å². The average Bonchev–Trinajstić information content (AvgIpc) is 3.10. The number of benzene rings is 1. The van der Waals surface area contributed by atoms with E-state index < -0.39 is 0 Å². The molecule has 0 unspecified atom stereocenters. The summed E-state index contributed by atoms with van der Waals surface area (Å²) in [5, 5.41) is 5.75. The second-order valence-electron chi connectivity index (χ2n) is 7.06. The van der Waals surface area contributed by atoms with Gasteiger partial charge in [0.1, 0.15) is 0 Å². The van der Waals surface area contributed by atoms with Crippen molar-refractivity contribution in [3.63, 3.8) is 0 Å². The largest absolute Gasteiger partial charge is 0.477 e. The highest BCUT2D eigenvalue weighted by Crippen LogP contribution is 2.30. The van der Waals surface area contributed by atoms with Crippen molar-refractivity contribution >= 4 is 28.8 Å². The number of likely N-dealkylation sites (N-methyl/N-ethyl adjacent to an activating group) is 1. The number of hydrogen-bond acceptors (Lipinski definition) is 5. The molecule has 0 aliphatic carbocycles. The number of halogens is 2. The van der Waals surface area contributed by atoms with E-state index in [1.165, 1.54) is 0 Å². The number of fused-ring (bicyclic) bond motifs is 1. The lowest BCUT2D eigenvalue weighted by atomic mass is 10.2. The van der Waals surface area contributed by atoms with Crippen molar-refractivity contribution in [2.75, 3.05) is 46.4 Å². The first-order valence-corrected chi connectivity index (χ1v) is 10.2. The zero-order chi connectivity index (χ0) is 19.5. The monoisotopic (exact) mass is 419 g/mol.